The maximum Gasteiger partial charge on any atom is 0.185 e. The molecule has 0 radical (unpaired) electrons. The molecule has 1 aliphatic rings. The quantitative estimate of drug-likeness (QED) is 0.536. The van der Waals surface area contributed by atoms with E-state index in [0.717, 1.165) is 11.6 Å². The number of hydrogen-bond donors (Lipinski definition) is 1. The van der Waals surface area contributed by atoms with E-state index in [1.54, 1.807) is 11.2 Å². The van der Waals surface area contributed by atoms with Gasteiger partial charge < -0.3 is 4.74 Å². The van der Waals surface area contributed by atoms with Gasteiger partial charge in [0, 0.05) is 6.20 Å². The average molecular weight is 151 g/mol. The molecule has 4 nitrogen and oxygen atoms in total. The molecule has 0 atom stereocenters. The molecule has 0 saturated carbocycles. The summed E-state index contributed by atoms with van der Waals surface area (Å²) in [6.07, 6.45) is 1.70. The van der Waals surface area contributed by atoms with Gasteiger partial charge in [0.1, 0.15) is 6.61 Å². The normalized spacial score (nSPS) is 15.5. The molecule has 0 aromatic carbocycles. The summed E-state index contributed by atoms with van der Waals surface area (Å²) >= 11 is 0. The Morgan fingerprint density at radius 3 is 3.36 bits per heavy atom. The average Bonchev–Trinajstić information content (AvgIpc) is 2.06. The molecule has 2 N–H and O–H groups in total. The second-order valence-corrected chi connectivity index (χ2v) is 2.37. The molecule has 0 spiro atoms. The fourth-order valence-electron chi connectivity index (χ4n) is 1.07. The van der Waals surface area contributed by atoms with Crippen molar-refractivity contribution in [2.75, 3.05) is 18.2 Å². The van der Waals surface area contributed by atoms with Crippen LogP contribution >= 0.6 is 0 Å². The van der Waals surface area contributed by atoms with Crippen molar-refractivity contribution in [3.05, 3.63) is 18.3 Å². The molecule has 11 heavy (non-hydrogen) atoms. The molecular weight excluding hydrogens is 142 g/mol. The van der Waals surface area contributed by atoms with Gasteiger partial charge in [0.05, 0.1) is 6.54 Å². The van der Waals surface area contributed by atoms with Crippen molar-refractivity contribution in [3.63, 3.8) is 0 Å². The van der Waals surface area contributed by atoms with Crippen LogP contribution in [-0.2, 0) is 0 Å². The molecule has 0 bridgehead atoms. The van der Waals surface area contributed by atoms with Gasteiger partial charge in [-0.3, -0.25) is 5.01 Å². The Hall–Kier alpha value is -1.29. The van der Waals surface area contributed by atoms with Gasteiger partial charge >= 0.3 is 0 Å². The van der Waals surface area contributed by atoms with Gasteiger partial charge in [0.2, 0.25) is 0 Å². The zero-order valence-electron chi connectivity index (χ0n) is 6.03. The molecule has 1 aliphatic heterocycles. The minimum atomic E-state index is 0.634. The minimum Gasteiger partial charge on any atom is -0.488 e. The molecule has 0 fully saturated rings. The number of nitrogens with two attached hydrogens (primary N) is 1. The van der Waals surface area contributed by atoms with Crippen LogP contribution in [0.4, 0.5) is 5.82 Å². The predicted molar refractivity (Wildman–Crippen MR) is 41.3 cm³/mol. The highest BCUT2D eigenvalue weighted by atomic mass is 16.5. The first kappa shape index (κ1) is 6.42. The Morgan fingerprint density at radius 2 is 2.55 bits per heavy atom. The Bertz CT molecular complexity index is 264. The first-order valence-corrected chi connectivity index (χ1v) is 3.48. The van der Waals surface area contributed by atoms with Crippen molar-refractivity contribution < 1.29 is 4.74 Å². The van der Waals surface area contributed by atoms with Crippen LogP contribution in [0.3, 0.4) is 0 Å². The smallest absolute Gasteiger partial charge is 0.185 e. The molecule has 2 heterocycles. The van der Waals surface area contributed by atoms with E-state index in [0.29, 0.717) is 13.2 Å². The predicted octanol–water partition coefficient (Wildman–Crippen LogP) is 0.154. The number of hydrazine groups is 1. The van der Waals surface area contributed by atoms with Crippen molar-refractivity contribution in [3.8, 4) is 5.75 Å². The first-order chi connectivity index (χ1) is 5.38. The molecule has 4 heteroatoms. The number of anilines is 1. The van der Waals surface area contributed by atoms with E-state index in [2.05, 4.69) is 4.98 Å². The van der Waals surface area contributed by atoms with E-state index >= 15 is 0 Å². The Morgan fingerprint density at radius 1 is 1.64 bits per heavy atom. The largest absolute Gasteiger partial charge is 0.488 e. The van der Waals surface area contributed by atoms with Gasteiger partial charge in [0.15, 0.2) is 11.6 Å². The summed E-state index contributed by atoms with van der Waals surface area (Å²) in [5, 5.41) is 1.60. The SMILES string of the molecule is NN1CCOc2cccnc21. The molecule has 0 aliphatic carbocycles. The maximum atomic E-state index is 5.64. The summed E-state index contributed by atoms with van der Waals surface area (Å²) in [6, 6.07) is 3.69. The fourth-order valence-corrected chi connectivity index (χ4v) is 1.07. The van der Waals surface area contributed by atoms with E-state index in [-0.39, 0.29) is 0 Å². The molecule has 1 aromatic heterocycles. The summed E-state index contributed by atoms with van der Waals surface area (Å²) < 4.78 is 5.31. The summed E-state index contributed by atoms with van der Waals surface area (Å²) in [4.78, 5) is 4.08. The number of ether oxygens (including phenoxy) is 1. The molecule has 0 unspecified atom stereocenters. The van der Waals surface area contributed by atoms with Gasteiger partial charge in [0.25, 0.3) is 0 Å². The summed E-state index contributed by atoms with van der Waals surface area (Å²) in [6.45, 7) is 1.33. The van der Waals surface area contributed by atoms with Gasteiger partial charge in [-0.15, -0.1) is 0 Å². The first-order valence-electron chi connectivity index (χ1n) is 3.48. The van der Waals surface area contributed by atoms with Crippen LogP contribution in [-0.4, -0.2) is 18.1 Å². The number of rotatable bonds is 0. The van der Waals surface area contributed by atoms with Crippen LogP contribution < -0.4 is 15.6 Å². The van der Waals surface area contributed by atoms with E-state index in [4.69, 9.17) is 10.6 Å². The Kier molecular flexibility index (Phi) is 1.40. The highest BCUT2D eigenvalue weighted by Gasteiger charge is 2.14. The number of fused-ring (bicyclic) bond motifs is 1. The summed E-state index contributed by atoms with van der Waals surface area (Å²) in [5.74, 6) is 7.12. The van der Waals surface area contributed by atoms with Crippen molar-refractivity contribution >= 4 is 5.82 Å². The monoisotopic (exact) mass is 151 g/mol. The molecule has 58 valence electrons. The van der Waals surface area contributed by atoms with E-state index < -0.39 is 0 Å². The molecule has 0 saturated heterocycles. The number of hydrogen-bond acceptors (Lipinski definition) is 4. The Balaban J connectivity index is 2.44. The summed E-state index contributed by atoms with van der Waals surface area (Å²) in [5.41, 5.74) is 0. The second-order valence-electron chi connectivity index (χ2n) is 2.37. The highest BCUT2D eigenvalue weighted by molar-refractivity contribution is 5.52. The number of pyridine rings is 1. The van der Waals surface area contributed by atoms with Crippen molar-refractivity contribution in [1.82, 2.24) is 4.98 Å². The van der Waals surface area contributed by atoms with Crippen LogP contribution in [0.2, 0.25) is 0 Å². The standard InChI is InChI=1S/C7H9N3O/c8-10-4-5-11-6-2-1-3-9-7(6)10/h1-3H,4-5,8H2. The zero-order chi connectivity index (χ0) is 7.68. The molecule has 1 aromatic rings. The van der Waals surface area contributed by atoms with Crippen LogP contribution in [0.15, 0.2) is 18.3 Å². The van der Waals surface area contributed by atoms with Crippen molar-refractivity contribution in [1.29, 1.82) is 0 Å². The zero-order valence-corrected chi connectivity index (χ0v) is 6.03. The topological polar surface area (TPSA) is 51.4 Å². The Labute approximate surface area is 64.6 Å². The fraction of sp³-hybridized carbons (Fsp3) is 0.286. The lowest BCUT2D eigenvalue weighted by molar-refractivity contribution is 0.306. The number of nitrogens with zero attached hydrogens (tertiary/aromatic N) is 2. The van der Waals surface area contributed by atoms with E-state index in [1.807, 2.05) is 12.1 Å². The molecular formula is C7H9N3O. The molecule has 0 amide bonds. The van der Waals surface area contributed by atoms with Gasteiger partial charge in [-0.1, -0.05) is 0 Å². The van der Waals surface area contributed by atoms with Crippen molar-refractivity contribution in [2.24, 2.45) is 5.84 Å². The summed E-state index contributed by atoms with van der Waals surface area (Å²) in [7, 11) is 0. The highest BCUT2D eigenvalue weighted by Crippen LogP contribution is 2.25. The second kappa shape index (κ2) is 2.39. The van der Waals surface area contributed by atoms with Gasteiger partial charge in [-0.25, -0.2) is 10.8 Å². The van der Waals surface area contributed by atoms with E-state index in [9.17, 15) is 0 Å². The minimum absolute atomic E-state index is 0.634. The third-order valence-electron chi connectivity index (χ3n) is 1.61. The lowest BCUT2D eigenvalue weighted by Gasteiger charge is -2.25. The maximum absolute atomic E-state index is 5.64. The lowest BCUT2D eigenvalue weighted by Crippen LogP contribution is -2.38. The van der Waals surface area contributed by atoms with Crippen LogP contribution in [0.1, 0.15) is 0 Å². The van der Waals surface area contributed by atoms with Crippen LogP contribution in [0.5, 0.6) is 5.75 Å². The van der Waals surface area contributed by atoms with E-state index in [1.165, 1.54) is 0 Å². The third-order valence-corrected chi connectivity index (χ3v) is 1.61. The molecule has 2 rings (SSSR count). The third kappa shape index (κ3) is 1.01. The van der Waals surface area contributed by atoms with Crippen LogP contribution in [0.25, 0.3) is 0 Å². The van der Waals surface area contributed by atoms with Crippen molar-refractivity contribution in [2.45, 2.75) is 0 Å². The van der Waals surface area contributed by atoms with Gasteiger partial charge in [-0.2, -0.15) is 0 Å². The number of aromatic nitrogens is 1. The van der Waals surface area contributed by atoms with Gasteiger partial charge in [-0.05, 0) is 12.1 Å². The lowest BCUT2D eigenvalue weighted by atomic mass is 10.4. The van der Waals surface area contributed by atoms with Crippen LogP contribution in [0, 0.1) is 0 Å².